The van der Waals surface area contributed by atoms with Gasteiger partial charge < -0.3 is 4.90 Å². The van der Waals surface area contributed by atoms with Crippen molar-refractivity contribution in [2.45, 2.75) is 31.3 Å². The van der Waals surface area contributed by atoms with Crippen LogP contribution < -0.4 is 0 Å². The Balaban J connectivity index is 1.57. The van der Waals surface area contributed by atoms with Crippen LogP contribution in [0.5, 0.6) is 0 Å². The van der Waals surface area contributed by atoms with Crippen molar-refractivity contribution < 1.29 is 13.2 Å². The molecule has 1 aliphatic heterocycles. The molecule has 0 bridgehead atoms. The van der Waals surface area contributed by atoms with Crippen LogP contribution in [0.15, 0.2) is 42.7 Å². The second kappa shape index (κ2) is 5.73. The molecule has 1 saturated heterocycles. The lowest BCUT2D eigenvalue weighted by Crippen LogP contribution is -2.42. The number of aromatic nitrogens is 2. The van der Waals surface area contributed by atoms with Crippen molar-refractivity contribution in [3.63, 3.8) is 0 Å². The molecule has 2 heterocycles. The molecule has 1 amide bonds. The molecule has 2 aromatic rings. The van der Waals surface area contributed by atoms with Gasteiger partial charge in [0.25, 0.3) is 5.91 Å². The standard InChI is InChI=1S/C17H19N3O3S/c21-17(13-2-4-14(5-3-13)19-10-1-9-18-19)20(15-6-7-15)16-8-11-24(22,23)12-16/h1-5,9-10,15-16H,6-8,11-12H2. The minimum Gasteiger partial charge on any atom is -0.332 e. The van der Waals surface area contributed by atoms with Gasteiger partial charge in [0.2, 0.25) is 0 Å². The first kappa shape index (κ1) is 15.4. The number of carbonyl (C=O) groups is 1. The fraction of sp³-hybridized carbons (Fsp3) is 0.412. The van der Waals surface area contributed by atoms with Gasteiger partial charge in [0, 0.05) is 30.0 Å². The van der Waals surface area contributed by atoms with E-state index >= 15 is 0 Å². The predicted molar refractivity (Wildman–Crippen MR) is 89.8 cm³/mol. The Morgan fingerprint density at radius 3 is 2.42 bits per heavy atom. The molecule has 1 saturated carbocycles. The van der Waals surface area contributed by atoms with E-state index in [4.69, 9.17) is 0 Å². The Hall–Kier alpha value is -2.15. The van der Waals surface area contributed by atoms with Crippen molar-refractivity contribution in [3.8, 4) is 5.69 Å². The average molecular weight is 345 g/mol. The highest BCUT2D eigenvalue weighted by molar-refractivity contribution is 7.91. The number of sulfone groups is 1. The lowest BCUT2D eigenvalue weighted by Gasteiger charge is -2.28. The molecule has 1 atom stereocenters. The summed E-state index contributed by atoms with van der Waals surface area (Å²) in [5, 5.41) is 4.17. The first-order chi connectivity index (χ1) is 11.5. The zero-order chi connectivity index (χ0) is 16.7. The van der Waals surface area contributed by atoms with Gasteiger partial charge in [-0.2, -0.15) is 5.10 Å². The topological polar surface area (TPSA) is 72.3 Å². The maximum Gasteiger partial charge on any atom is 0.254 e. The summed E-state index contributed by atoms with van der Waals surface area (Å²) >= 11 is 0. The number of hydrogen-bond donors (Lipinski definition) is 0. The number of amides is 1. The summed E-state index contributed by atoms with van der Waals surface area (Å²) in [5.41, 5.74) is 1.49. The fourth-order valence-electron chi connectivity index (χ4n) is 3.30. The molecule has 1 aromatic carbocycles. The van der Waals surface area contributed by atoms with Crippen molar-refractivity contribution in [3.05, 3.63) is 48.3 Å². The van der Waals surface area contributed by atoms with E-state index in [-0.39, 0.29) is 29.5 Å². The summed E-state index contributed by atoms with van der Waals surface area (Å²) in [6.45, 7) is 0. The zero-order valence-corrected chi connectivity index (χ0v) is 14.0. The molecule has 1 aliphatic carbocycles. The molecule has 2 aliphatic rings. The van der Waals surface area contributed by atoms with Crippen LogP contribution in [0.4, 0.5) is 0 Å². The number of carbonyl (C=O) groups excluding carboxylic acids is 1. The molecule has 2 fully saturated rings. The summed E-state index contributed by atoms with van der Waals surface area (Å²) in [6, 6.07) is 9.15. The smallest absolute Gasteiger partial charge is 0.254 e. The Morgan fingerprint density at radius 2 is 1.88 bits per heavy atom. The first-order valence-electron chi connectivity index (χ1n) is 8.17. The minimum atomic E-state index is -3.00. The summed E-state index contributed by atoms with van der Waals surface area (Å²) in [5.74, 6) is 0.221. The van der Waals surface area contributed by atoms with E-state index in [0.29, 0.717) is 12.0 Å². The molecule has 24 heavy (non-hydrogen) atoms. The molecule has 1 aromatic heterocycles. The number of rotatable bonds is 4. The largest absolute Gasteiger partial charge is 0.332 e. The quantitative estimate of drug-likeness (QED) is 0.845. The van der Waals surface area contributed by atoms with Crippen molar-refractivity contribution in [2.75, 3.05) is 11.5 Å². The van der Waals surface area contributed by atoms with E-state index in [1.807, 2.05) is 29.3 Å². The maximum atomic E-state index is 12.9. The minimum absolute atomic E-state index is 0.0633. The Bertz CT molecular complexity index is 840. The van der Waals surface area contributed by atoms with Crippen LogP contribution in [0.25, 0.3) is 5.69 Å². The van der Waals surface area contributed by atoms with Crippen LogP contribution in [0.1, 0.15) is 29.6 Å². The SMILES string of the molecule is O=C(c1ccc(-n2cccn2)cc1)N(C1CC1)C1CCS(=O)(=O)C1. The van der Waals surface area contributed by atoms with Crippen LogP contribution in [0, 0.1) is 0 Å². The Morgan fingerprint density at radius 1 is 1.12 bits per heavy atom. The molecule has 7 heteroatoms. The zero-order valence-electron chi connectivity index (χ0n) is 13.2. The highest BCUT2D eigenvalue weighted by atomic mass is 32.2. The van der Waals surface area contributed by atoms with E-state index in [1.54, 1.807) is 23.0 Å². The van der Waals surface area contributed by atoms with Crippen molar-refractivity contribution >= 4 is 15.7 Å². The predicted octanol–water partition coefficient (Wildman–Crippen LogP) is 1.66. The molecular formula is C17H19N3O3S. The monoisotopic (exact) mass is 345 g/mol. The molecule has 0 spiro atoms. The Kier molecular flexibility index (Phi) is 3.68. The normalized spacial score (nSPS) is 22.4. The van der Waals surface area contributed by atoms with Crippen LogP contribution >= 0.6 is 0 Å². The third kappa shape index (κ3) is 2.96. The summed E-state index contributed by atoms with van der Waals surface area (Å²) < 4.78 is 25.3. The van der Waals surface area contributed by atoms with E-state index in [2.05, 4.69) is 5.10 Å². The van der Waals surface area contributed by atoms with E-state index in [0.717, 1.165) is 18.5 Å². The number of hydrogen-bond acceptors (Lipinski definition) is 4. The van der Waals surface area contributed by atoms with Gasteiger partial charge in [-0.05, 0) is 49.6 Å². The highest BCUT2D eigenvalue weighted by Crippen LogP contribution is 2.33. The van der Waals surface area contributed by atoms with E-state index < -0.39 is 9.84 Å². The first-order valence-corrected chi connectivity index (χ1v) is 9.99. The molecule has 6 nitrogen and oxygen atoms in total. The maximum absolute atomic E-state index is 12.9. The average Bonchev–Trinajstić information content (AvgIpc) is 3.10. The summed E-state index contributed by atoms with van der Waals surface area (Å²) in [6.07, 6.45) is 6.03. The van der Waals surface area contributed by atoms with Gasteiger partial charge in [0.1, 0.15) is 0 Å². The fourth-order valence-corrected chi connectivity index (χ4v) is 5.02. The van der Waals surface area contributed by atoms with Gasteiger partial charge >= 0.3 is 0 Å². The highest BCUT2D eigenvalue weighted by Gasteiger charge is 2.42. The molecule has 126 valence electrons. The van der Waals surface area contributed by atoms with Crippen LogP contribution in [0.2, 0.25) is 0 Å². The lowest BCUT2D eigenvalue weighted by molar-refractivity contribution is 0.0681. The number of benzene rings is 1. The third-order valence-corrected chi connectivity index (χ3v) is 6.41. The van der Waals surface area contributed by atoms with E-state index in [1.165, 1.54) is 0 Å². The van der Waals surface area contributed by atoms with Crippen LogP contribution in [0.3, 0.4) is 0 Å². The van der Waals surface area contributed by atoms with Crippen molar-refractivity contribution in [1.82, 2.24) is 14.7 Å². The van der Waals surface area contributed by atoms with Crippen molar-refractivity contribution in [1.29, 1.82) is 0 Å². The lowest BCUT2D eigenvalue weighted by atomic mass is 10.1. The Labute approximate surface area is 141 Å². The van der Waals surface area contributed by atoms with Gasteiger partial charge in [0.15, 0.2) is 9.84 Å². The summed E-state index contributed by atoms with van der Waals surface area (Å²) in [4.78, 5) is 14.7. The molecule has 0 N–H and O–H groups in total. The van der Waals surface area contributed by atoms with Gasteiger partial charge in [-0.1, -0.05) is 0 Å². The van der Waals surface area contributed by atoms with Crippen LogP contribution in [-0.4, -0.2) is 52.6 Å². The second-order valence-electron chi connectivity index (χ2n) is 6.50. The van der Waals surface area contributed by atoms with E-state index in [9.17, 15) is 13.2 Å². The molecule has 0 radical (unpaired) electrons. The second-order valence-corrected chi connectivity index (χ2v) is 8.73. The van der Waals surface area contributed by atoms with Gasteiger partial charge in [-0.15, -0.1) is 0 Å². The molecule has 1 unspecified atom stereocenters. The van der Waals surface area contributed by atoms with Gasteiger partial charge in [0.05, 0.1) is 17.2 Å². The van der Waals surface area contributed by atoms with Crippen molar-refractivity contribution in [2.24, 2.45) is 0 Å². The van der Waals surface area contributed by atoms with Gasteiger partial charge in [-0.25, -0.2) is 13.1 Å². The van der Waals surface area contributed by atoms with Crippen LogP contribution in [-0.2, 0) is 9.84 Å². The van der Waals surface area contributed by atoms with Gasteiger partial charge in [-0.3, -0.25) is 4.79 Å². The summed E-state index contributed by atoms with van der Waals surface area (Å²) in [7, 11) is -3.00. The number of nitrogens with zero attached hydrogens (tertiary/aromatic N) is 3. The molecule has 4 rings (SSSR count). The molecular weight excluding hydrogens is 326 g/mol. The third-order valence-electron chi connectivity index (χ3n) is 4.66.